The molecule has 7 nitrogen and oxygen atoms in total. The molecule has 1 aromatic carbocycles. The molecule has 1 N–H and O–H groups in total. The van der Waals surface area contributed by atoms with Gasteiger partial charge in [0, 0.05) is 35.9 Å². The first kappa shape index (κ1) is 20.6. The normalized spacial score (nSPS) is 36.9. The number of fused-ring (bicyclic) bond motifs is 1. The molecule has 1 aromatic rings. The first-order chi connectivity index (χ1) is 15.6. The van der Waals surface area contributed by atoms with E-state index in [1.54, 1.807) is 14.2 Å². The van der Waals surface area contributed by atoms with Crippen molar-refractivity contribution in [3.05, 3.63) is 11.6 Å². The van der Waals surface area contributed by atoms with Gasteiger partial charge in [-0.25, -0.2) is 0 Å². The van der Waals surface area contributed by atoms with Crippen molar-refractivity contribution >= 4 is 11.5 Å². The minimum atomic E-state index is -0.461. The number of hydrogen-bond donors (Lipinski definition) is 1. The summed E-state index contributed by atoms with van der Waals surface area (Å²) in [4.78, 5) is 19.0. The Balaban J connectivity index is 1.64. The van der Waals surface area contributed by atoms with Gasteiger partial charge in [0.15, 0.2) is 11.5 Å². The molecule has 4 heterocycles. The van der Waals surface area contributed by atoms with Crippen LogP contribution in [-0.4, -0.2) is 74.4 Å². The van der Waals surface area contributed by atoms with Gasteiger partial charge in [-0.15, -0.1) is 0 Å². The third kappa shape index (κ3) is 2.22. The number of carbonyl (C=O) groups excluding carboxylic acids is 1. The molecule has 6 rings (SSSR count). The standard InChI is InChI=1S/C25H34N2O5/c1-4-15-14-32-22-20-16(12-17(30-2)21(22)31-3)25-7-10-26-9-5-6-24(8-11-28,23(25)26)19(29)13-18(25)27(15)20/h12,15,18,23,28H,4-11,13-14H2,1-3H3. The van der Waals surface area contributed by atoms with Crippen LogP contribution >= 0.6 is 0 Å². The molecule has 0 radical (unpaired) electrons. The summed E-state index contributed by atoms with van der Waals surface area (Å²) in [7, 11) is 3.34. The van der Waals surface area contributed by atoms with Crippen LogP contribution in [0.4, 0.5) is 5.69 Å². The number of ether oxygens (including phenoxy) is 3. The number of rotatable bonds is 5. The van der Waals surface area contributed by atoms with Gasteiger partial charge in [0.25, 0.3) is 0 Å². The van der Waals surface area contributed by atoms with Gasteiger partial charge in [0.2, 0.25) is 5.75 Å². The summed E-state index contributed by atoms with van der Waals surface area (Å²) in [5.74, 6) is 2.46. The largest absolute Gasteiger partial charge is 0.493 e. The third-order valence-electron chi connectivity index (χ3n) is 9.32. The van der Waals surface area contributed by atoms with Gasteiger partial charge in [-0.3, -0.25) is 9.69 Å². The molecule has 1 spiro atoms. The molecule has 0 bridgehead atoms. The Morgan fingerprint density at radius 3 is 2.81 bits per heavy atom. The van der Waals surface area contributed by atoms with Crippen LogP contribution in [0.5, 0.6) is 17.2 Å². The van der Waals surface area contributed by atoms with Crippen LogP contribution in [0.15, 0.2) is 6.07 Å². The van der Waals surface area contributed by atoms with Crippen LogP contribution in [0.25, 0.3) is 0 Å². The smallest absolute Gasteiger partial charge is 0.205 e. The number of aliphatic hydroxyl groups is 1. The number of carbonyl (C=O) groups is 1. The Hall–Kier alpha value is -1.99. The highest BCUT2D eigenvalue weighted by Crippen LogP contribution is 2.68. The molecule has 0 aromatic heterocycles. The van der Waals surface area contributed by atoms with E-state index in [4.69, 9.17) is 14.2 Å². The molecule has 3 fully saturated rings. The van der Waals surface area contributed by atoms with E-state index in [0.717, 1.165) is 50.2 Å². The van der Waals surface area contributed by atoms with E-state index in [1.165, 1.54) is 5.56 Å². The number of hydrogen-bond acceptors (Lipinski definition) is 7. The SMILES string of the molecule is CCC1COc2c(OC)c(OC)cc3c2N1C1CC(=O)C2(CCO)CCCN4CCC31C42. The first-order valence-electron chi connectivity index (χ1n) is 12.2. The lowest BCUT2D eigenvalue weighted by molar-refractivity contribution is -0.145. The van der Waals surface area contributed by atoms with Crippen LogP contribution in [0.2, 0.25) is 0 Å². The van der Waals surface area contributed by atoms with E-state index < -0.39 is 5.41 Å². The van der Waals surface area contributed by atoms with Crippen molar-refractivity contribution in [1.29, 1.82) is 0 Å². The van der Waals surface area contributed by atoms with Crippen molar-refractivity contribution in [2.45, 2.75) is 69.0 Å². The van der Waals surface area contributed by atoms with E-state index in [1.807, 2.05) is 0 Å². The summed E-state index contributed by atoms with van der Waals surface area (Å²) in [6.07, 6.45) is 4.99. The fraction of sp³-hybridized carbons (Fsp3) is 0.720. The number of aliphatic hydroxyl groups excluding tert-OH is 1. The molecule has 174 valence electrons. The summed E-state index contributed by atoms with van der Waals surface area (Å²) < 4.78 is 17.9. The van der Waals surface area contributed by atoms with Crippen molar-refractivity contribution in [2.75, 3.05) is 45.4 Å². The second-order valence-corrected chi connectivity index (χ2v) is 10.2. The molecule has 2 saturated heterocycles. The monoisotopic (exact) mass is 442 g/mol. The number of piperidine rings is 1. The van der Waals surface area contributed by atoms with Crippen LogP contribution < -0.4 is 19.1 Å². The zero-order valence-electron chi connectivity index (χ0n) is 19.4. The van der Waals surface area contributed by atoms with Crippen LogP contribution in [-0.2, 0) is 10.2 Å². The zero-order valence-corrected chi connectivity index (χ0v) is 19.4. The van der Waals surface area contributed by atoms with Gasteiger partial charge in [0.05, 0.1) is 25.9 Å². The molecular weight excluding hydrogens is 408 g/mol. The van der Waals surface area contributed by atoms with Gasteiger partial charge in [-0.05, 0) is 56.8 Å². The molecule has 4 aliphatic heterocycles. The zero-order chi connectivity index (χ0) is 22.3. The number of anilines is 1. The summed E-state index contributed by atoms with van der Waals surface area (Å²) in [5.41, 5.74) is 1.76. The van der Waals surface area contributed by atoms with Gasteiger partial charge in [-0.1, -0.05) is 6.92 Å². The van der Waals surface area contributed by atoms with Crippen LogP contribution in [0.1, 0.15) is 51.0 Å². The highest BCUT2D eigenvalue weighted by Gasteiger charge is 2.72. The molecule has 1 saturated carbocycles. The van der Waals surface area contributed by atoms with E-state index >= 15 is 0 Å². The average molecular weight is 443 g/mol. The molecule has 5 aliphatic rings. The molecule has 5 unspecified atom stereocenters. The Morgan fingerprint density at radius 2 is 2.09 bits per heavy atom. The Morgan fingerprint density at radius 1 is 1.25 bits per heavy atom. The summed E-state index contributed by atoms with van der Waals surface area (Å²) in [6, 6.07) is 2.64. The first-order valence-corrected chi connectivity index (χ1v) is 12.2. The van der Waals surface area contributed by atoms with Gasteiger partial charge < -0.3 is 24.2 Å². The van der Waals surface area contributed by atoms with Crippen molar-refractivity contribution in [3.8, 4) is 17.2 Å². The van der Waals surface area contributed by atoms with E-state index in [2.05, 4.69) is 22.8 Å². The van der Waals surface area contributed by atoms with Crippen molar-refractivity contribution in [1.82, 2.24) is 4.90 Å². The van der Waals surface area contributed by atoms with Gasteiger partial charge in [0.1, 0.15) is 12.4 Å². The molecule has 1 aliphatic carbocycles. The summed E-state index contributed by atoms with van der Waals surface area (Å²) in [6.45, 7) is 4.88. The molecule has 5 atom stereocenters. The lowest BCUT2D eigenvalue weighted by Crippen LogP contribution is -2.69. The molecular formula is C25H34N2O5. The second kappa shape index (κ2) is 7.00. The number of methoxy groups -OCH3 is 2. The molecule has 7 heteroatoms. The fourth-order valence-electron chi connectivity index (χ4n) is 8.21. The maximum atomic E-state index is 13.9. The lowest BCUT2D eigenvalue weighted by atomic mass is 9.51. The Labute approximate surface area is 189 Å². The fourth-order valence-corrected chi connectivity index (χ4v) is 8.21. The maximum absolute atomic E-state index is 13.9. The van der Waals surface area contributed by atoms with E-state index in [0.29, 0.717) is 36.7 Å². The quantitative estimate of drug-likeness (QED) is 0.751. The predicted molar refractivity (Wildman–Crippen MR) is 120 cm³/mol. The average Bonchev–Trinajstić information content (AvgIpc) is 3.34. The maximum Gasteiger partial charge on any atom is 0.205 e. The highest BCUT2D eigenvalue weighted by atomic mass is 16.5. The highest BCUT2D eigenvalue weighted by molar-refractivity contribution is 5.92. The Kier molecular flexibility index (Phi) is 4.51. The summed E-state index contributed by atoms with van der Waals surface area (Å²) in [5, 5.41) is 10.0. The summed E-state index contributed by atoms with van der Waals surface area (Å²) >= 11 is 0. The second-order valence-electron chi connectivity index (χ2n) is 10.2. The van der Waals surface area contributed by atoms with Crippen molar-refractivity contribution in [2.24, 2.45) is 5.41 Å². The number of benzene rings is 1. The van der Waals surface area contributed by atoms with Gasteiger partial charge in [-0.2, -0.15) is 0 Å². The van der Waals surface area contributed by atoms with Crippen LogP contribution in [0, 0.1) is 5.41 Å². The van der Waals surface area contributed by atoms with E-state index in [-0.39, 0.29) is 30.1 Å². The van der Waals surface area contributed by atoms with Crippen LogP contribution in [0.3, 0.4) is 0 Å². The van der Waals surface area contributed by atoms with Gasteiger partial charge >= 0.3 is 0 Å². The Bertz CT molecular complexity index is 962. The molecule has 0 amide bonds. The predicted octanol–water partition coefficient (Wildman–Crippen LogP) is 2.51. The van der Waals surface area contributed by atoms with E-state index in [9.17, 15) is 9.90 Å². The lowest BCUT2D eigenvalue weighted by Gasteiger charge is -2.58. The van der Waals surface area contributed by atoms with Crippen molar-refractivity contribution < 1.29 is 24.1 Å². The minimum Gasteiger partial charge on any atom is -0.493 e. The topological polar surface area (TPSA) is 71.5 Å². The minimum absolute atomic E-state index is 0.0608. The molecule has 32 heavy (non-hydrogen) atoms. The number of nitrogens with zero attached hydrogens (tertiary/aromatic N) is 2. The number of ketones is 1. The number of Topliss-reactive ketones (excluding diaryl/α,β-unsaturated/α-hetero) is 1. The van der Waals surface area contributed by atoms with Crippen molar-refractivity contribution in [3.63, 3.8) is 0 Å². The third-order valence-corrected chi connectivity index (χ3v) is 9.32.